The minimum absolute atomic E-state index is 0.210. The molecular weight excluding hydrogens is 302 g/mol. The predicted molar refractivity (Wildman–Crippen MR) is 85.8 cm³/mol. The van der Waals surface area contributed by atoms with Crippen molar-refractivity contribution in [3.05, 3.63) is 82.0 Å². The molecule has 0 fully saturated rings. The van der Waals surface area contributed by atoms with Crippen LogP contribution in [0.25, 0.3) is 5.69 Å². The highest BCUT2D eigenvalue weighted by atomic mass is 35.5. The van der Waals surface area contributed by atoms with E-state index < -0.39 is 0 Å². The number of anilines is 1. The first kappa shape index (κ1) is 14.2. The fourth-order valence-corrected chi connectivity index (χ4v) is 2.16. The van der Waals surface area contributed by atoms with E-state index in [9.17, 15) is 9.59 Å². The molecule has 110 valence electrons. The minimum Gasteiger partial charge on any atom is -0.322 e. The Morgan fingerprint density at radius 2 is 1.73 bits per heavy atom. The van der Waals surface area contributed by atoms with Crippen molar-refractivity contribution in [1.82, 2.24) is 9.55 Å². The molecule has 0 aliphatic heterocycles. The summed E-state index contributed by atoms with van der Waals surface area (Å²) in [5.41, 5.74) is 1.68. The monoisotopic (exact) mass is 313 g/mol. The summed E-state index contributed by atoms with van der Waals surface area (Å²) < 4.78 is 1.48. The van der Waals surface area contributed by atoms with Gasteiger partial charge in [0.25, 0.3) is 5.91 Å². The van der Waals surface area contributed by atoms with Gasteiger partial charge in [0.05, 0.1) is 5.69 Å². The van der Waals surface area contributed by atoms with E-state index in [0.29, 0.717) is 16.3 Å². The van der Waals surface area contributed by atoms with Crippen molar-refractivity contribution in [2.45, 2.75) is 0 Å². The van der Waals surface area contributed by atoms with Crippen molar-refractivity contribution in [2.75, 3.05) is 5.32 Å². The van der Waals surface area contributed by atoms with Gasteiger partial charge in [-0.2, -0.15) is 0 Å². The van der Waals surface area contributed by atoms with Crippen LogP contribution in [0.4, 0.5) is 5.69 Å². The summed E-state index contributed by atoms with van der Waals surface area (Å²) in [6, 6.07) is 13.6. The van der Waals surface area contributed by atoms with Crippen LogP contribution < -0.4 is 11.0 Å². The molecule has 6 heteroatoms. The summed E-state index contributed by atoms with van der Waals surface area (Å²) >= 11 is 5.79. The lowest BCUT2D eigenvalue weighted by Gasteiger charge is -2.07. The maximum atomic E-state index is 12.1. The minimum atomic E-state index is -0.219. The first-order valence-corrected chi connectivity index (χ1v) is 6.95. The van der Waals surface area contributed by atoms with Gasteiger partial charge >= 0.3 is 5.69 Å². The van der Waals surface area contributed by atoms with E-state index in [4.69, 9.17) is 11.6 Å². The van der Waals surface area contributed by atoms with Crippen LogP contribution in [0.3, 0.4) is 0 Å². The van der Waals surface area contributed by atoms with Crippen molar-refractivity contribution in [3.63, 3.8) is 0 Å². The molecular formula is C16H12ClN3O2. The van der Waals surface area contributed by atoms with Gasteiger partial charge in [0, 0.05) is 28.7 Å². The molecule has 0 aliphatic rings. The number of rotatable bonds is 3. The lowest BCUT2D eigenvalue weighted by atomic mass is 10.2. The van der Waals surface area contributed by atoms with E-state index in [-0.39, 0.29) is 11.6 Å². The number of halogens is 1. The maximum absolute atomic E-state index is 12.1. The first-order valence-electron chi connectivity index (χ1n) is 6.57. The Kier molecular flexibility index (Phi) is 3.80. The fourth-order valence-electron chi connectivity index (χ4n) is 2.03. The number of hydrogen-bond acceptors (Lipinski definition) is 2. The van der Waals surface area contributed by atoms with Crippen molar-refractivity contribution >= 4 is 23.2 Å². The van der Waals surface area contributed by atoms with Gasteiger partial charge < -0.3 is 10.3 Å². The number of amides is 1. The topological polar surface area (TPSA) is 66.9 Å². The molecule has 1 amide bonds. The lowest BCUT2D eigenvalue weighted by Crippen LogP contribution is -2.14. The van der Waals surface area contributed by atoms with Gasteiger partial charge in [-0.1, -0.05) is 11.6 Å². The van der Waals surface area contributed by atoms with Gasteiger partial charge in [-0.15, -0.1) is 0 Å². The Bertz CT molecular complexity index is 848. The normalized spacial score (nSPS) is 10.4. The zero-order valence-electron chi connectivity index (χ0n) is 11.4. The number of hydrogen-bond donors (Lipinski definition) is 2. The Labute approximate surface area is 131 Å². The second-order valence-electron chi connectivity index (χ2n) is 4.64. The summed E-state index contributed by atoms with van der Waals surface area (Å²) in [5.74, 6) is -0.219. The van der Waals surface area contributed by atoms with E-state index >= 15 is 0 Å². The van der Waals surface area contributed by atoms with Gasteiger partial charge in [-0.05, 0) is 48.5 Å². The molecule has 0 aliphatic carbocycles. The number of aromatic nitrogens is 2. The number of benzene rings is 2. The zero-order chi connectivity index (χ0) is 15.5. The highest BCUT2D eigenvalue weighted by molar-refractivity contribution is 6.30. The number of imidazole rings is 1. The largest absolute Gasteiger partial charge is 0.330 e. The molecule has 1 heterocycles. The number of carbonyl (C=O) groups excluding carboxylic acids is 1. The molecule has 2 aromatic carbocycles. The summed E-state index contributed by atoms with van der Waals surface area (Å²) in [7, 11) is 0. The summed E-state index contributed by atoms with van der Waals surface area (Å²) in [5, 5.41) is 3.37. The Balaban J connectivity index is 1.76. The first-order chi connectivity index (χ1) is 10.6. The van der Waals surface area contributed by atoms with Crippen LogP contribution in [0.2, 0.25) is 5.02 Å². The smallest absolute Gasteiger partial charge is 0.322 e. The number of carbonyl (C=O) groups is 1. The van der Waals surface area contributed by atoms with Crippen LogP contribution in [0.1, 0.15) is 10.4 Å². The van der Waals surface area contributed by atoms with Gasteiger partial charge in [0.1, 0.15) is 0 Å². The quantitative estimate of drug-likeness (QED) is 0.780. The standard InChI is InChI=1S/C16H12ClN3O2/c17-12-3-1-11(2-4-12)15(21)19-13-5-7-14(8-6-13)20-10-9-18-16(20)22/h1-10H,(H,18,22)(H,19,21). The molecule has 5 nitrogen and oxygen atoms in total. The van der Waals surface area contributed by atoms with Crippen molar-refractivity contribution in [3.8, 4) is 5.69 Å². The van der Waals surface area contributed by atoms with Crippen LogP contribution >= 0.6 is 11.6 Å². The highest BCUT2D eigenvalue weighted by Gasteiger charge is 2.06. The number of aromatic amines is 1. The Morgan fingerprint density at radius 1 is 1.05 bits per heavy atom. The van der Waals surface area contributed by atoms with Crippen molar-refractivity contribution < 1.29 is 4.79 Å². The van der Waals surface area contributed by atoms with Gasteiger partial charge in [-0.3, -0.25) is 9.36 Å². The SMILES string of the molecule is O=C(Nc1ccc(-n2cc[nH]c2=O)cc1)c1ccc(Cl)cc1. The summed E-state index contributed by atoms with van der Waals surface area (Å²) in [6.07, 6.45) is 3.21. The Morgan fingerprint density at radius 3 is 2.32 bits per heavy atom. The molecule has 0 atom stereocenters. The van der Waals surface area contributed by atoms with Gasteiger partial charge in [-0.25, -0.2) is 4.79 Å². The molecule has 22 heavy (non-hydrogen) atoms. The van der Waals surface area contributed by atoms with E-state index in [1.807, 2.05) is 0 Å². The number of H-pyrrole nitrogens is 1. The van der Waals surface area contributed by atoms with Crippen LogP contribution in [-0.4, -0.2) is 15.5 Å². The van der Waals surface area contributed by atoms with Crippen LogP contribution in [0.15, 0.2) is 65.7 Å². The third-order valence-electron chi connectivity index (χ3n) is 3.16. The summed E-state index contributed by atoms with van der Waals surface area (Å²) in [6.45, 7) is 0. The third kappa shape index (κ3) is 2.94. The molecule has 0 bridgehead atoms. The van der Waals surface area contributed by atoms with Crippen LogP contribution in [0.5, 0.6) is 0 Å². The molecule has 0 radical (unpaired) electrons. The molecule has 0 unspecified atom stereocenters. The van der Waals surface area contributed by atoms with E-state index in [1.165, 1.54) is 4.57 Å². The summed E-state index contributed by atoms with van der Waals surface area (Å²) in [4.78, 5) is 26.2. The average Bonchev–Trinajstić information content (AvgIpc) is 2.95. The van der Waals surface area contributed by atoms with E-state index in [2.05, 4.69) is 10.3 Å². The third-order valence-corrected chi connectivity index (χ3v) is 3.41. The van der Waals surface area contributed by atoms with Crippen molar-refractivity contribution in [1.29, 1.82) is 0 Å². The number of nitrogens with one attached hydrogen (secondary N) is 2. The van der Waals surface area contributed by atoms with E-state index in [1.54, 1.807) is 60.9 Å². The molecule has 3 aromatic rings. The second kappa shape index (κ2) is 5.91. The molecule has 3 rings (SSSR count). The average molecular weight is 314 g/mol. The fraction of sp³-hybridized carbons (Fsp3) is 0. The molecule has 2 N–H and O–H groups in total. The van der Waals surface area contributed by atoms with Gasteiger partial charge in [0.2, 0.25) is 0 Å². The maximum Gasteiger partial charge on any atom is 0.330 e. The second-order valence-corrected chi connectivity index (χ2v) is 5.08. The van der Waals surface area contributed by atoms with Crippen LogP contribution in [0, 0.1) is 0 Å². The van der Waals surface area contributed by atoms with Gasteiger partial charge in [0.15, 0.2) is 0 Å². The van der Waals surface area contributed by atoms with E-state index in [0.717, 1.165) is 5.69 Å². The zero-order valence-corrected chi connectivity index (χ0v) is 12.2. The van der Waals surface area contributed by atoms with Crippen molar-refractivity contribution in [2.24, 2.45) is 0 Å². The molecule has 0 spiro atoms. The number of nitrogens with zero attached hydrogens (tertiary/aromatic N) is 1. The Hall–Kier alpha value is -2.79. The molecule has 1 aromatic heterocycles. The molecule has 0 saturated heterocycles. The lowest BCUT2D eigenvalue weighted by molar-refractivity contribution is 0.102. The highest BCUT2D eigenvalue weighted by Crippen LogP contribution is 2.14. The predicted octanol–water partition coefficient (Wildman–Crippen LogP) is 3.07. The van der Waals surface area contributed by atoms with Crippen LogP contribution in [-0.2, 0) is 0 Å². The molecule has 0 saturated carbocycles.